The van der Waals surface area contributed by atoms with Gasteiger partial charge in [0.2, 0.25) is 0 Å². The SMILES string of the molecule is C=C(C)[C@@H]1CCC(C)=C[C@H]1c1c(O)cc(C(C)(C)CCCCCCO[N+](=O)[O-])cc1OC(=O)/C=C/C(=O)O. The Kier molecular flexibility index (Phi) is 11.1. The van der Waals surface area contributed by atoms with Gasteiger partial charge in [-0.25, -0.2) is 9.59 Å². The largest absolute Gasteiger partial charge is 0.507 e. The maximum atomic E-state index is 12.5. The van der Waals surface area contributed by atoms with E-state index in [0.29, 0.717) is 18.1 Å². The third-order valence-corrected chi connectivity index (χ3v) is 7.08. The van der Waals surface area contributed by atoms with E-state index in [0.717, 1.165) is 55.7 Å². The highest BCUT2D eigenvalue weighted by molar-refractivity contribution is 5.92. The summed E-state index contributed by atoms with van der Waals surface area (Å²) in [4.78, 5) is 38.0. The summed E-state index contributed by atoms with van der Waals surface area (Å²) in [6.07, 6.45) is 9.29. The molecule has 1 aromatic rings. The van der Waals surface area contributed by atoms with E-state index in [1.807, 2.05) is 27.7 Å². The van der Waals surface area contributed by atoms with Crippen LogP contribution in [-0.4, -0.2) is 33.8 Å². The van der Waals surface area contributed by atoms with Gasteiger partial charge in [-0.15, -0.1) is 10.1 Å². The van der Waals surface area contributed by atoms with Gasteiger partial charge in [-0.1, -0.05) is 56.9 Å². The fraction of sp³-hybridized carbons (Fsp3) is 0.517. The van der Waals surface area contributed by atoms with Crippen LogP contribution in [0.4, 0.5) is 0 Å². The van der Waals surface area contributed by atoms with Gasteiger partial charge >= 0.3 is 11.9 Å². The van der Waals surface area contributed by atoms with Crippen LogP contribution in [0.2, 0.25) is 0 Å². The number of carboxylic acid groups (broad SMARTS) is 1. The monoisotopic (exact) mass is 529 g/mol. The summed E-state index contributed by atoms with van der Waals surface area (Å²) in [5, 5.41) is 29.6. The van der Waals surface area contributed by atoms with Crippen molar-refractivity contribution in [1.29, 1.82) is 0 Å². The van der Waals surface area contributed by atoms with Crippen LogP contribution < -0.4 is 4.74 Å². The second-order valence-electron chi connectivity index (χ2n) is 10.6. The number of benzene rings is 1. The van der Waals surface area contributed by atoms with Gasteiger partial charge in [-0.2, -0.15) is 0 Å². The van der Waals surface area contributed by atoms with Crippen LogP contribution in [0.5, 0.6) is 11.5 Å². The standard InChI is InChI=1S/C29H39NO8/c1-19(2)22-11-10-20(3)16-23(22)28-24(31)17-21(18-25(28)38-27(34)13-12-26(32)33)29(4,5)14-8-6-7-9-15-37-30(35)36/h12-13,16-18,22-23,31H,1,6-11,14-15H2,2-5H3,(H,32,33)/b13-12+/t22-,23+/m0/s1. The van der Waals surface area contributed by atoms with Gasteiger partial charge in [0.25, 0.3) is 5.09 Å². The molecule has 1 aromatic carbocycles. The van der Waals surface area contributed by atoms with E-state index in [2.05, 4.69) is 17.5 Å². The second-order valence-corrected chi connectivity index (χ2v) is 10.6. The number of hydrogen-bond donors (Lipinski definition) is 2. The number of nitrogens with zero attached hydrogens (tertiary/aromatic N) is 1. The second kappa shape index (κ2) is 13.8. The first-order chi connectivity index (χ1) is 17.8. The summed E-state index contributed by atoms with van der Waals surface area (Å²) in [6.45, 7) is 12.3. The number of carboxylic acids is 1. The van der Waals surface area contributed by atoms with E-state index in [-0.39, 0.29) is 35.4 Å². The van der Waals surface area contributed by atoms with Crippen molar-refractivity contribution in [3.63, 3.8) is 0 Å². The lowest BCUT2D eigenvalue weighted by atomic mass is 9.72. The molecule has 2 atom stereocenters. The molecule has 0 heterocycles. The number of ether oxygens (including phenoxy) is 1. The lowest BCUT2D eigenvalue weighted by Gasteiger charge is -2.33. The van der Waals surface area contributed by atoms with Crippen molar-refractivity contribution in [2.75, 3.05) is 6.61 Å². The topological polar surface area (TPSA) is 136 Å². The van der Waals surface area contributed by atoms with Gasteiger partial charge in [0, 0.05) is 23.6 Å². The van der Waals surface area contributed by atoms with Crippen LogP contribution in [0.3, 0.4) is 0 Å². The van der Waals surface area contributed by atoms with Crippen LogP contribution in [-0.2, 0) is 19.8 Å². The molecular weight excluding hydrogens is 490 g/mol. The molecule has 0 bridgehead atoms. The molecule has 0 aromatic heterocycles. The quantitative estimate of drug-likeness (QED) is 0.0538. The first-order valence-electron chi connectivity index (χ1n) is 12.9. The Morgan fingerprint density at radius 3 is 2.53 bits per heavy atom. The van der Waals surface area contributed by atoms with Crippen molar-refractivity contribution in [2.24, 2.45) is 5.92 Å². The Bertz CT molecular complexity index is 1100. The third kappa shape index (κ3) is 9.04. The number of aliphatic carboxylic acids is 1. The van der Waals surface area contributed by atoms with Crippen molar-refractivity contribution < 1.29 is 34.5 Å². The molecule has 208 valence electrons. The molecule has 9 heteroatoms. The molecule has 0 unspecified atom stereocenters. The number of rotatable bonds is 14. The molecule has 0 saturated heterocycles. The van der Waals surface area contributed by atoms with E-state index >= 15 is 0 Å². The van der Waals surface area contributed by atoms with E-state index in [9.17, 15) is 24.8 Å². The van der Waals surface area contributed by atoms with Crippen molar-refractivity contribution in [1.82, 2.24) is 0 Å². The summed E-state index contributed by atoms with van der Waals surface area (Å²) in [7, 11) is 0. The summed E-state index contributed by atoms with van der Waals surface area (Å²) in [5.41, 5.74) is 3.03. The minimum absolute atomic E-state index is 0.0136. The van der Waals surface area contributed by atoms with Crippen LogP contribution in [0.25, 0.3) is 0 Å². The molecule has 2 rings (SSSR count). The van der Waals surface area contributed by atoms with E-state index in [4.69, 9.17) is 9.84 Å². The molecule has 0 saturated carbocycles. The van der Waals surface area contributed by atoms with Gasteiger partial charge in [0.15, 0.2) is 0 Å². The van der Waals surface area contributed by atoms with Crippen molar-refractivity contribution in [3.8, 4) is 11.5 Å². The average Bonchev–Trinajstić information content (AvgIpc) is 2.81. The number of carbonyl (C=O) groups excluding carboxylic acids is 1. The maximum absolute atomic E-state index is 12.5. The number of esters is 1. The van der Waals surface area contributed by atoms with Gasteiger partial charge in [-0.3, -0.25) is 0 Å². The predicted molar refractivity (Wildman–Crippen MR) is 144 cm³/mol. The first kappa shape index (κ1) is 30.6. The zero-order valence-corrected chi connectivity index (χ0v) is 22.7. The molecule has 9 nitrogen and oxygen atoms in total. The van der Waals surface area contributed by atoms with Crippen LogP contribution in [0.1, 0.15) is 89.7 Å². The number of phenolic OH excluding ortho intramolecular Hbond substituents is 1. The molecule has 0 aliphatic heterocycles. The highest BCUT2D eigenvalue weighted by Crippen LogP contribution is 2.48. The molecule has 2 N–H and O–H groups in total. The third-order valence-electron chi connectivity index (χ3n) is 7.08. The van der Waals surface area contributed by atoms with E-state index in [1.54, 1.807) is 12.1 Å². The predicted octanol–water partition coefficient (Wildman–Crippen LogP) is 6.39. The number of allylic oxidation sites excluding steroid dienone is 3. The highest BCUT2D eigenvalue weighted by Gasteiger charge is 2.33. The fourth-order valence-electron chi connectivity index (χ4n) is 4.92. The molecule has 1 aliphatic rings. The van der Waals surface area contributed by atoms with E-state index in [1.165, 1.54) is 5.57 Å². The first-order valence-corrected chi connectivity index (χ1v) is 12.9. The minimum Gasteiger partial charge on any atom is -0.507 e. The van der Waals surface area contributed by atoms with Gasteiger partial charge in [0.05, 0.1) is 6.61 Å². The summed E-state index contributed by atoms with van der Waals surface area (Å²) in [6, 6.07) is 3.48. The molecule has 1 aliphatic carbocycles. The maximum Gasteiger partial charge on any atom is 0.336 e. The summed E-state index contributed by atoms with van der Waals surface area (Å²) < 4.78 is 5.64. The highest BCUT2D eigenvalue weighted by atomic mass is 16.9. The van der Waals surface area contributed by atoms with Crippen molar-refractivity contribution >= 4 is 11.9 Å². The zero-order valence-electron chi connectivity index (χ0n) is 22.7. The Morgan fingerprint density at radius 2 is 1.89 bits per heavy atom. The molecule has 0 fully saturated rings. The van der Waals surface area contributed by atoms with Crippen LogP contribution in [0, 0.1) is 16.0 Å². The van der Waals surface area contributed by atoms with Gasteiger partial charge < -0.3 is 19.8 Å². The van der Waals surface area contributed by atoms with Gasteiger partial charge in [-0.05, 0) is 68.6 Å². The van der Waals surface area contributed by atoms with E-state index < -0.39 is 17.0 Å². The fourth-order valence-corrected chi connectivity index (χ4v) is 4.92. The molecule has 0 spiro atoms. The zero-order chi connectivity index (χ0) is 28.5. The Morgan fingerprint density at radius 1 is 1.21 bits per heavy atom. The Hall–Kier alpha value is -3.62. The molecule has 0 radical (unpaired) electrons. The van der Waals surface area contributed by atoms with Crippen molar-refractivity contribution in [3.05, 3.63) is 69.3 Å². The van der Waals surface area contributed by atoms with Crippen molar-refractivity contribution in [2.45, 2.75) is 84.0 Å². The van der Waals surface area contributed by atoms with Crippen LogP contribution in [0.15, 0.2) is 48.1 Å². The van der Waals surface area contributed by atoms with Crippen LogP contribution >= 0.6 is 0 Å². The molecule has 38 heavy (non-hydrogen) atoms. The molecule has 0 amide bonds. The minimum atomic E-state index is -1.27. The Labute approximate surface area is 223 Å². The number of hydrogen-bond acceptors (Lipinski definition) is 7. The number of phenols is 1. The lowest BCUT2D eigenvalue weighted by molar-refractivity contribution is -0.757. The van der Waals surface area contributed by atoms with Gasteiger partial charge in [0.1, 0.15) is 11.5 Å². The molecular formula is C29H39NO8. The summed E-state index contributed by atoms with van der Waals surface area (Å²) in [5.74, 6) is -2.09. The number of aromatic hydroxyl groups is 1. The number of unbranched alkanes of at least 4 members (excludes halogenated alkanes) is 3. The number of carbonyl (C=O) groups is 2. The lowest BCUT2D eigenvalue weighted by Crippen LogP contribution is -2.21. The smallest absolute Gasteiger partial charge is 0.336 e. The average molecular weight is 530 g/mol. The summed E-state index contributed by atoms with van der Waals surface area (Å²) >= 11 is 0. The normalized spacial score (nSPS) is 17.6. The Balaban J connectivity index is 2.36.